The second-order valence-electron chi connectivity index (χ2n) is 6.93. The zero-order valence-electron chi connectivity index (χ0n) is 17.4. The fourth-order valence-corrected chi connectivity index (χ4v) is 3.49. The van der Waals surface area contributed by atoms with Gasteiger partial charge in [0.1, 0.15) is 17.2 Å². The van der Waals surface area contributed by atoms with Crippen LogP contribution in [0.4, 0.5) is 0 Å². The van der Waals surface area contributed by atoms with E-state index in [1.54, 1.807) is 31.4 Å². The van der Waals surface area contributed by atoms with Gasteiger partial charge in [-0.25, -0.2) is 4.79 Å². The molecule has 0 unspecified atom stereocenters. The van der Waals surface area contributed by atoms with Gasteiger partial charge in [-0.3, -0.25) is 0 Å². The van der Waals surface area contributed by atoms with Gasteiger partial charge in [0.15, 0.2) is 0 Å². The molecule has 0 atom stereocenters. The summed E-state index contributed by atoms with van der Waals surface area (Å²) in [4.78, 5) is 10.9. The fraction of sp³-hybridized carbons (Fsp3) is 0.115. The predicted molar refractivity (Wildman–Crippen MR) is 122 cm³/mol. The number of hydrogen-bond donors (Lipinski definition) is 3. The first kappa shape index (κ1) is 21.7. The number of carboxylic acids is 1. The third-order valence-electron chi connectivity index (χ3n) is 4.95. The summed E-state index contributed by atoms with van der Waals surface area (Å²) in [6.07, 6.45) is 3.29. The number of benzene rings is 3. The van der Waals surface area contributed by atoms with Gasteiger partial charge in [0.25, 0.3) is 0 Å². The standard InChI is InChI=1S/C26H24O5/c1-3-23(20-5-4-17(10-15-25(29)30)24(16-20)31-2)26(18-6-11-21(27)12-7-18)19-8-13-22(28)14-9-19/h4-16,27-28H,3H2,1-2H3,(H,29,30). The third kappa shape index (κ3) is 5.14. The first-order valence-corrected chi connectivity index (χ1v) is 9.84. The van der Waals surface area contributed by atoms with Crippen molar-refractivity contribution in [1.29, 1.82) is 0 Å². The number of ether oxygens (including phenoxy) is 1. The molecule has 0 saturated heterocycles. The molecule has 5 heteroatoms. The minimum Gasteiger partial charge on any atom is -0.508 e. The van der Waals surface area contributed by atoms with E-state index < -0.39 is 5.97 Å². The lowest BCUT2D eigenvalue weighted by Crippen LogP contribution is -1.97. The van der Waals surface area contributed by atoms with Gasteiger partial charge in [0.05, 0.1) is 7.11 Å². The van der Waals surface area contributed by atoms with E-state index in [4.69, 9.17) is 9.84 Å². The highest BCUT2D eigenvalue weighted by atomic mass is 16.5. The lowest BCUT2D eigenvalue weighted by molar-refractivity contribution is -0.131. The summed E-state index contributed by atoms with van der Waals surface area (Å²) >= 11 is 0. The minimum absolute atomic E-state index is 0.183. The summed E-state index contributed by atoms with van der Waals surface area (Å²) in [6, 6.07) is 19.6. The SMILES string of the molecule is CCC(=C(c1ccc(O)cc1)c1ccc(O)cc1)c1ccc(C=CC(=O)O)c(OC)c1. The molecule has 0 aliphatic carbocycles. The molecule has 158 valence electrons. The molecule has 0 heterocycles. The van der Waals surface area contributed by atoms with E-state index in [0.29, 0.717) is 17.7 Å². The van der Waals surface area contributed by atoms with Crippen molar-refractivity contribution in [2.75, 3.05) is 7.11 Å². The smallest absolute Gasteiger partial charge is 0.328 e. The number of rotatable bonds is 7. The van der Waals surface area contributed by atoms with Crippen molar-refractivity contribution in [3.8, 4) is 17.2 Å². The van der Waals surface area contributed by atoms with Crippen LogP contribution in [0.3, 0.4) is 0 Å². The molecule has 0 radical (unpaired) electrons. The van der Waals surface area contributed by atoms with Crippen LogP contribution in [0.25, 0.3) is 17.2 Å². The Morgan fingerprint density at radius 1 is 0.871 bits per heavy atom. The highest BCUT2D eigenvalue weighted by molar-refractivity contribution is 5.99. The minimum atomic E-state index is -1.03. The molecule has 0 aromatic heterocycles. The number of carboxylic acid groups (broad SMARTS) is 1. The molecule has 0 saturated carbocycles. The van der Waals surface area contributed by atoms with E-state index in [1.807, 2.05) is 42.5 Å². The first-order chi connectivity index (χ1) is 14.9. The van der Waals surface area contributed by atoms with Gasteiger partial charge in [0, 0.05) is 11.6 Å². The van der Waals surface area contributed by atoms with Gasteiger partial charge in [-0.05, 0) is 70.7 Å². The van der Waals surface area contributed by atoms with Crippen LogP contribution in [0.1, 0.15) is 35.6 Å². The molecular formula is C26H24O5. The molecule has 5 nitrogen and oxygen atoms in total. The van der Waals surface area contributed by atoms with Crippen LogP contribution in [-0.4, -0.2) is 28.4 Å². The van der Waals surface area contributed by atoms with Crippen molar-refractivity contribution in [1.82, 2.24) is 0 Å². The number of aromatic hydroxyl groups is 2. The summed E-state index contributed by atoms with van der Waals surface area (Å²) in [5.74, 6) is -0.0925. The Bertz CT molecular complexity index is 1080. The average Bonchev–Trinajstić information content (AvgIpc) is 2.77. The number of hydrogen-bond acceptors (Lipinski definition) is 4. The maximum atomic E-state index is 10.9. The van der Waals surface area contributed by atoms with Crippen LogP contribution in [-0.2, 0) is 4.79 Å². The predicted octanol–water partition coefficient (Wildman–Crippen LogP) is 5.57. The highest BCUT2D eigenvalue weighted by Crippen LogP contribution is 2.37. The van der Waals surface area contributed by atoms with E-state index in [-0.39, 0.29) is 11.5 Å². The molecule has 0 amide bonds. The Hall–Kier alpha value is -3.99. The molecule has 0 aliphatic heterocycles. The topological polar surface area (TPSA) is 87.0 Å². The summed E-state index contributed by atoms with van der Waals surface area (Å²) in [6.45, 7) is 2.06. The summed E-state index contributed by atoms with van der Waals surface area (Å²) < 4.78 is 5.50. The summed E-state index contributed by atoms with van der Waals surface area (Å²) in [5.41, 5.74) is 5.47. The van der Waals surface area contributed by atoms with E-state index in [9.17, 15) is 15.0 Å². The molecular weight excluding hydrogens is 392 g/mol. The van der Waals surface area contributed by atoms with E-state index in [0.717, 1.165) is 33.9 Å². The molecule has 3 rings (SSSR count). The Labute approximate surface area is 181 Å². The Morgan fingerprint density at radius 2 is 1.39 bits per heavy atom. The van der Waals surface area contributed by atoms with Crippen LogP contribution in [0.5, 0.6) is 17.2 Å². The van der Waals surface area contributed by atoms with E-state index in [2.05, 4.69) is 6.92 Å². The number of allylic oxidation sites excluding steroid dienone is 1. The van der Waals surface area contributed by atoms with E-state index >= 15 is 0 Å². The number of methoxy groups -OCH3 is 1. The molecule has 0 spiro atoms. The van der Waals surface area contributed by atoms with Crippen LogP contribution >= 0.6 is 0 Å². The second-order valence-corrected chi connectivity index (χ2v) is 6.93. The van der Waals surface area contributed by atoms with Gasteiger partial charge in [-0.15, -0.1) is 0 Å². The fourth-order valence-electron chi connectivity index (χ4n) is 3.49. The van der Waals surface area contributed by atoms with Gasteiger partial charge in [-0.2, -0.15) is 0 Å². The van der Waals surface area contributed by atoms with Crippen LogP contribution < -0.4 is 4.74 Å². The molecule has 31 heavy (non-hydrogen) atoms. The molecule has 3 aromatic rings. The van der Waals surface area contributed by atoms with Gasteiger partial charge >= 0.3 is 5.97 Å². The Balaban J connectivity index is 2.23. The third-order valence-corrected chi connectivity index (χ3v) is 4.95. The summed E-state index contributed by atoms with van der Waals surface area (Å²) in [5, 5.41) is 28.4. The number of phenols is 2. The molecule has 3 N–H and O–H groups in total. The van der Waals surface area contributed by atoms with E-state index in [1.165, 1.54) is 6.08 Å². The largest absolute Gasteiger partial charge is 0.508 e. The molecule has 0 fully saturated rings. The van der Waals surface area contributed by atoms with Crippen molar-refractivity contribution >= 4 is 23.2 Å². The zero-order valence-corrected chi connectivity index (χ0v) is 17.4. The monoisotopic (exact) mass is 416 g/mol. The quantitative estimate of drug-likeness (QED) is 0.346. The van der Waals surface area contributed by atoms with Gasteiger partial charge in [0.2, 0.25) is 0 Å². The molecule has 0 bridgehead atoms. The van der Waals surface area contributed by atoms with Crippen molar-refractivity contribution < 1.29 is 24.9 Å². The number of phenolic OH excluding ortho intramolecular Hbond substituents is 2. The van der Waals surface area contributed by atoms with Crippen LogP contribution in [0, 0.1) is 0 Å². The van der Waals surface area contributed by atoms with Crippen molar-refractivity contribution in [3.05, 3.63) is 95.1 Å². The Morgan fingerprint density at radius 3 is 1.84 bits per heavy atom. The zero-order chi connectivity index (χ0) is 22.4. The highest BCUT2D eigenvalue weighted by Gasteiger charge is 2.15. The maximum Gasteiger partial charge on any atom is 0.328 e. The van der Waals surface area contributed by atoms with Crippen molar-refractivity contribution in [2.24, 2.45) is 0 Å². The lowest BCUT2D eigenvalue weighted by Gasteiger charge is -2.18. The summed E-state index contributed by atoms with van der Waals surface area (Å²) in [7, 11) is 1.55. The van der Waals surface area contributed by atoms with Crippen LogP contribution in [0.2, 0.25) is 0 Å². The van der Waals surface area contributed by atoms with Crippen molar-refractivity contribution in [2.45, 2.75) is 13.3 Å². The van der Waals surface area contributed by atoms with Crippen LogP contribution in [0.15, 0.2) is 72.8 Å². The number of aliphatic carboxylic acids is 1. The lowest BCUT2D eigenvalue weighted by atomic mass is 9.87. The Kier molecular flexibility index (Phi) is 6.78. The van der Waals surface area contributed by atoms with Crippen molar-refractivity contribution in [3.63, 3.8) is 0 Å². The second kappa shape index (κ2) is 9.67. The van der Waals surface area contributed by atoms with Gasteiger partial charge in [-0.1, -0.05) is 43.3 Å². The average molecular weight is 416 g/mol. The molecule has 3 aromatic carbocycles. The maximum absolute atomic E-state index is 10.9. The number of carbonyl (C=O) groups is 1. The van der Waals surface area contributed by atoms with Gasteiger partial charge < -0.3 is 20.1 Å². The first-order valence-electron chi connectivity index (χ1n) is 9.84. The normalized spacial score (nSPS) is 10.8. The molecule has 0 aliphatic rings.